The molecule has 1 aliphatic rings. The SMILES string of the molecule is O=C(O)c1cnc(C(=O)N2CCC(C(O)c3ccc(Cl)cc3)CC2)cn1. The Morgan fingerprint density at radius 2 is 1.65 bits per heavy atom. The molecule has 8 heteroatoms. The summed E-state index contributed by atoms with van der Waals surface area (Å²) in [6.45, 7) is 0.993. The van der Waals surface area contributed by atoms with E-state index in [1.165, 1.54) is 6.20 Å². The summed E-state index contributed by atoms with van der Waals surface area (Å²) < 4.78 is 0. The molecule has 1 aromatic carbocycles. The summed E-state index contributed by atoms with van der Waals surface area (Å²) in [4.78, 5) is 32.5. The predicted molar refractivity (Wildman–Crippen MR) is 94.0 cm³/mol. The van der Waals surface area contributed by atoms with Gasteiger partial charge in [-0.25, -0.2) is 14.8 Å². The van der Waals surface area contributed by atoms with Crippen LogP contribution in [0.3, 0.4) is 0 Å². The molecule has 0 aliphatic carbocycles. The number of likely N-dealkylation sites (tertiary alicyclic amines) is 1. The van der Waals surface area contributed by atoms with Crippen LogP contribution in [0.1, 0.15) is 45.5 Å². The van der Waals surface area contributed by atoms with Crippen LogP contribution in [0.25, 0.3) is 0 Å². The van der Waals surface area contributed by atoms with Crippen molar-refractivity contribution in [2.45, 2.75) is 18.9 Å². The van der Waals surface area contributed by atoms with E-state index in [1.807, 2.05) is 12.1 Å². The molecule has 1 atom stereocenters. The highest BCUT2D eigenvalue weighted by Crippen LogP contribution is 2.31. The maximum atomic E-state index is 12.5. The maximum absolute atomic E-state index is 12.5. The summed E-state index contributed by atoms with van der Waals surface area (Å²) >= 11 is 5.87. The van der Waals surface area contributed by atoms with Crippen LogP contribution in [0.2, 0.25) is 5.02 Å². The molecule has 136 valence electrons. The number of hydrogen-bond acceptors (Lipinski definition) is 5. The Kier molecular flexibility index (Phi) is 5.49. The Labute approximate surface area is 155 Å². The fourth-order valence-electron chi connectivity index (χ4n) is 3.06. The number of nitrogens with zero attached hydrogens (tertiary/aromatic N) is 3. The van der Waals surface area contributed by atoms with Gasteiger partial charge in [0.05, 0.1) is 18.5 Å². The first-order valence-electron chi connectivity index (χ1n) is 8.24. The zero-order valence-corrected chi connectivity index (χ0v) is 14.6. The highest BCUT2D eigenvalue weighted by Gasteiger charge is 2.29. The second kappa shape index (κ2) is 7.80. The van der Waals surface area contributed by atoms with E-state index in [2.05, 4.69) is 9.97 Å². The molecule has 0 bridgehead atoms. The smallest absolute Gasteiger partial charge is 0.356 e. The van der Waals surface area contributed by atoms with E-state index in [9.17, 15) is 14.7 Å². The van der Waals surface area contributed by atoms with Gasteiger partial charge in [-0.3, -0.25) is 4.79 Å². The topological polar surface area (TPSA) is 104 Å². The fourth-order valence-corrected chi connectivity index (χ4v) is 3.19. The van der Waals surface area contributed by atoms with Crippen molar-refractivity contribution in [1.29, 1.82) is 0 Å². The number of carbonyl (C=O) groups is 2. The first-order valence-corrected chi connectivity index (χ1v) is 8.61. The zero-order valence-electron chi connectivity index (χ0n) is 13.9. The van der Waals surface area contributed by atoms with Crippen molar-refractivity contribution in [2.75, 3.05) is 13.1 Å². The van der Waals surface area contributed by atoms with Crippen molar-refractivity contribution in [1.82, 2.24) is 14.9 Å². The van der Waals surface area contributed by atoms with Crippen molar-refractivity contribution in [3.05, 3.63) is 58.6 Å². The quantitative estimate of drug-likeness (QED) is 0.850. The van der Waals surface area contributed by atoms with E-state index in [1.54, 1.807) is 17.0 Å². The van der Waals surface area contributed by atoms with Gasteiger partial charge in [0.15, 0.2) is 5.69 Å². The number of amides is 1. The average molecular weight is 376 g/mol. The van der Waals surface area contributed by atoms with Gasteiger partial charge in [-0.15, -0.1) is 0 Å². The minimum atomic E-state index is -1.19. The monoisotopic (exact) mass is 375 g/mol. The number of aliphatic hydroxyl groups is 1. The molecule has 0 spiro atoms. The molecule has 1 fully saturated rings. The van der Waals surface area contributed by atoms with Crippen LogP contribution in [0.4, 0.5) is 0 Å². The van der Waals surface area contributed by atoms with Gasteiger partial charge in [-0.1, -0.05) is 23.7 Å². The number of carboxylic acid groups (broad SMARTS) is 1. The third kappa shape index (κ3) is 4.00. The number of hydrogen-bond donors (Lipinski definition) is 2. The average Bonchev–Trinajstić information content (AvgIpc) is 2.67. The number of rotatable bonds is 4. The van der Waals surface area contributed by atoms with Crippen LogP contribution in [0.15, 0.2) is 36.7 Å². The Balaban J connectivity index is 1.59. The van der Waals surface area contributed by atoms with Crippen molar-refractivity contribution in [3.8, 4) is 0 Å². The predicted octanol–water partition coefficient (Wildman–Crippen LogP) is 2.41. The standard InChI is InChI=1S/C18H18ClN3O4/c19-13-3-1-11(2-4-13)16(23)12-5-7-22(8-6-12)17(24)14-9-21-15(10-20-14)18(25)26/h1-4,9-10,12,16,23H,5-8H2,(H,25,26). The summed E-state index contributed by atoms with van der Waals surface area (Å²) in [5.74, 6) is -1.41. The van der Waals surface area contributed by atoms with Crippen LogP contribution in [0, 0.1) is 5.92 Å². The summed E-state index contributed by atoms with van der Waals surface area (Å²) in [6.07, 6.45) is 2.98. The largest absolute Gasteiger partial charge is 0.476 e. The number of halogens is 1. The Morgan fingerprint density at radius 1 is 1.08 bits per heavy atom. The number of aromatic carboxylic acids is 1. The molecular weight excluding hydrogens is 358 g/mol. The van der Waals surface area contributed by atoms with E-state index in [0.29, 0.717) is 31.0 Å². The minimum Gasteiger partial charge on any atom is -0.476 e. The lowest BCUT2D eigenvalue weighted by Crippen LogP contribution is -2.40. The van der Waals surface area contributed by atoms with Gasteiger partial charge in [0, 0.05) is 18.1 Å². The van der Waals surface area contributed by atoms with Crippen LogP contribution in [-0.4, -0.2) is 50.0 Å². The highest BCUT2D eigenvalue weighted by atomic mass is 35.5. The van der Waals surface area contributed by atoms with Crippen molar-refractivity contribution in [3.63, 3.8) is 0 Å². The Hall–Kier alpha value is -2.51. The van der Waals surface area contributed by atoms with Crippen molar-refractivity contribution in [2.24, 2.45) is 5.92 Å². The summed E-state index contributed by atoms with van der Waals surface area (Å²) in [7, 11) is 0. The Bertz CT molecular complexity index is 787. The molecule has 26 heavy (non-hydrogen) atoms. The third-order valence-electron chi connectivity index (χ3n) is 4.57. The highest BCUT2D eigenvalue weighted by molar-refractivity contribution is 6.30. The minimum absolute atomic E-state index is 0.0562. The van der Waals surface area contributed by atoms with Crippen LogP contribution in [0.5, 0.6) is 0 Å². The molecule has 0 saturated carbocycles. The summed E-state index contributed by atoms with van der Waals surface area (Å²) in [5.41, 5.74) is 0.729. The van der Waals surface area contributed by atoms with E-state index >= 15 is 0 Å². The summed E-state index contributed by atoms with van der Waals surface area (Å²) in [5, 5.41) is 20.0. The second-order valence-electron chi connectivity index (χ2n) is 6.22. The van der Waals surface area contributed by atoms with E-state index in [4.69, 9.17) is 16.7 Å². The fraction of sp³-hybridized carbons (Fsp3) is 0.333. The molecule has 1 aliphatic heterocycles. The van der Waals surface area contributed by atoms with Crippen molar-refractivity contribution < 1.29 is 19.8 Å². The van der Waals surface area contributed by atoms with Gasteiger partial charge in [-0.05, 0) is 36.5 Å². The zero-order chi connectivity index (χ0) is 18.7. The van der Waals surface area contributed by atoms with Crippen LogP contribution >= 0.6 is 11.6 Å². The molecular formula is C18H18ClN3O4. The molecule has 1 unspecified atom stereocenters. The lowest BCUT2D eigenvalue weighted by Gasteiger charge is -2.34. The van der Waals surface area contributed by atoms with Gasteiger partial charge in [0.2, 0.25) is 0 Å². The van der Waals surface area contributed by atoms with E-state index in [0.717, 1.165) is 11.8 Å². The lowest BCUT2D eigenvalue weighted by atomic mass is 9.87. The number of aliphatic hydroxyl groups excluding tert-OH is 1. The van der Waals surface area contributed by atoms with Crippen LogP contribution < -0.4 is 0 Å². The number of carbonyl (C=O) groups excluding carboxylic acids is 1. The molecule has 1 saturated heterocycles. The lowest BCUT2D eigenvalue weighted by molar-refractivity contribution is 0.0458. The molecule has 2 N–H and O–H groups in total. The second-order valence-corrected chi connectivity index (χ2v) is 6.65. The van der Waals surface area contributed by atoms with Gasteiger partial charge < -0.3 is 15.1 Å². The molecule has 0 radical (unpaired) electrons. The number of benzene rings is 1. The number of carboxylic acids is 1. The first-order chi connectivity index (χ1) is 12.5. The number of piperidine rings is 1. The molecule has 2 aromatic rings. The molecule has 7 nitrogen and oxygen atoms in total. The normalized spacial score (nSPS) is 16.3. The van der Waals surface area contributed by atoms with Gasteiger partial charge in [0.25, 0.3) is 5.91 Å². The molecule has 1 aromatic heterocycles. The van der Waals surface area contributed by atoms with Gasteiger partial charge in [-0.2, -0.15) is 0 Å². The molecule has 3 rings (SSSR count). The maximum Gasteiger partial charge on any atom is 0.356 e. The summed E-state index contributed by atoms with van der Waals surface area (Å²) in [6, 6.07) is 7.12. The molecule has 2 heterocycles. The molecule has 1 amide bonds. The van der Waals surface area contributed by atoms with Crippen LogP contribution in [-0.2, 0) is 0 Å². The van der Waals surface area contributed by atoms with Gasteiger partial charge in [0.1, 0.15) is 5.69 Å². The number of aromatic nitrogens is 2. The Morgan fingerprint density at radius 3 is 2.19 bits per heavy atom. The first kappa shape index (κ1) is 18.3. The van der Waals surface area contributed by atoms with E-state index in [-0.39, 0.29) is 23.2 Å². The van der Waals surface area contributed by atoms with E-state index < -0.39 is 12.1 Å². The van der Waals surface area contributed by atoms with Gasteiger partial charge >= 0.3 is 5.97 Å². The third-order valence-corrected chi connectivity index (χ3v) is 4.83. The van der Waals surface area contributed by atoms with Crippen molar-refractivity contribution >= 4 is 23.5 Å².